The minimum Gasteiger partial charge on any atom is -0.313 e. The third-order valence-electron chi connectivity index (χ3n) is 14.8. The molecule has 63 heavy (non-hydrogen) atoms. The Morgan fingerprint density at radius 3 is 1.57 bits per heavy atom. The molecule has 4 heterocycles. The van der Waals surface area contributed by atoms with Gasteiger partial charge in [0.1, 0.15) is 0 Å². The van der Waals surface area contributed by atoms with Crippen molar-refractivity contribution in [2.45, 2.75) is 51.4 Å². The molecule has 3 nitrogen and oxygen atoms in total. The topological polar surface area (TPSA) is 13.1 Å². The van der Waals surface area contributed by atoms with Gasteiger partial charge >= 0.3 is 0 Å². The minimum absolute atomic E-state index is 0.202. The fraction of sp³-hybridized carbons (Fsp3) is 0.133. The summed E-state index contributed by atoms with van der Waals surface area (Å²) in [7, 11) is 0. The van der Waals surface area contributed by atoms with Gasteiger partial charge < -0.3 is 14.0 Å². The number of allylic oxidation sites excluding steroid dienone is 1. The zero-order valence-electron chi connectivity index (χ0n) is 36.2. The maximum absolute atomic E-state index is 2.57. The molecule has 3 aliphatic rings. The average molecular weight is 810 g/mol. The van der Waals surface area contributed by atoms with Crippen LogP contribution in [0.2, 0.25) is 0 Å². The lowest BCUT2D eigenvalue weighted by Crippen LogP contribution is -2.38. The van der Waals surface area contributed by atoms with E-state index in [1.54, 1.807) is 0 Å². The second-order valence-electron chi connectivity index (χ2n) is 18.9. The Labute approximate surface area is 368 Å². The first-order valence-corrected chi connectivity index (χ1v) is 22.5. The molecule has 0 amide bonds. The normalized spacial score (nSPS) is 15.3. The lowest BCUT2D eigenvalue weighted by Gasteiger charge is -2.49. The molecule has 1 aliphatic carbocycles. The van der Waals surface area contributed by atoms with Crippen LogP contribution >= 0.6 is 0 Å². The van der Waals surface area contributed by atoms with Crippen molar-refractivity contribution >= 4 is 55.8 Å². The molecule has 0 unspecified atom stereocenters. The average Bonchev–Trinajstić information content (AvgIpc) is 3.84. The second-order valence-corrected chi connectivity index (χ2v) is 18.9. The first-order chi connectivity index (χ1) is 30.8. The van der Waals surface area contributed by atoms with Gasteiger partial charge in [-0.25, -0.2) is 0 Å². The maximum atomic E-state index is 2.57. The van der Waals surface area contributed by atoms with Gasteiger partial charge in [0.2, 0.25) is 0 Å². The molecule has 302 valence electrons. The number of aromatic nitrogens is 2. The number of rotatable bonds is 4. The summed E-state index contributed by atoms with van der Waals surface area (Å²) < 4.78 is 4.88. The molecule has 10 aromatic rings. The van der Waals surface area contributed by atoms with E-state index in [0.717, 1.165) is 12.8 Å². The quantitative estimate of drug-likeness (QED) is 0.173. The molecule has 0 radical (unpaired) electrons. The maximum Gasteiger partial charge on any atom is 0.0544 e. The van der Waals surface area contributed by atoms with E-state index in [1.165, 1.54) is 117 Å². The van der Waals surface area contributed by atoms with Gasteiger partial charge in [-0.2, -0.15) is 0 Å². The van der Waals surface area contributed by atoms with Crippen LogP contribution in [-0.2, 0) is 17.3 Å². The van der Waals surface area contributed by atoms with Gasteiger partial charge in [-0.3, -0.25) is 0 Å². The van der Waals surface area contributed by atoms with Crippen molar-refractivity contribution in [2.75, 3.05) is 4.90 Å². The van der Waals surface area contributed by atoms with Gasteiger partial charge in [0.15, 0.2) is 0 Å². The molecule has 2 aromatic heterocycles. The first-order valence-electron chi connectivity index (χ1n) is 22.5. The van der Waals surface area contributed by atoms with Crippen molar-refractivity contribution in [1.82, 2.24) is 9.13 Å². The number of anilines is 3. The zero-order valence-corrected chi connectivity index (χ0v) is 36.2. The summed E-state index contributed by atoms with van der Waals surface area (Å²) in [5, 5.41) is 3.89. The molecular weight excluding hydrogens is 763 g/mol. The van der Waals surface area contributed by atoms with Crippen molar-refractivity contribution in [3.8, 4) is 33.6 Å². The minimum atomic E-state index is -0.274. The van der Waals surface area contributed by atoms with Crippen LogP contribution in [-0.4, -0.2) is 9.13 Å². The molecule has 0 saturated heterocycles. The van der Waals surface area contributed by atoms with Crippen molar-refractivity contribution in [3.05, 3.63) is 216 Å². The van der Waals surface area contributed by atoms with E-state index in [0.29, 0.717) is 0 Å². The molecule has 0 fully saturated rings. The highest BCUT2D eigenvalue weighted by Crippen LogP contribution is 2.61. The highest BCUT2D eigenvalue weighted by molar-refractivity contribution is 6.09. The number of para-hydroxylation sites is 4. The molecule has 13 rings (SSSR count). The van der Waals surface area contributed by atoms with Crippen LogP contribution in [0.5, 0.6) is 0 Å². The highest BCUT2D eigenvalue weighted by atomic mass is 15.2. The van der Waals surface area contributed by atoms with Crippen LogP contribution in [0.15, 0.2) is 182 Å². The highest BCUT2D eigenvalue weighted by Gasteiger charge is 2.45. The first kappa shape index (κ1) is 36.3. The van der Waals surface area contributed by atoms with E-state index in [1.807, 2.05) is 0 Å². The van der Waals surface area contributed by atoms with Crippen LogP contribution in [0.25, 0.3) is 72.4 Å². The Kier molecular flexibility index (Phi) is 7.54. The van der Waals surface area contributed by atoms with Crippen molar-refractivity contribution in [1.29, 1.82) is 0 Å². The number of hydrogen-bond acceptors (Lipinski definition) is 1. The fourth-order valence-corrected chi connectivity index (χ4v) is 11.5. The number of benzene rings is 8. The molecule has 2 aliphatic heterocycles. The summed E-state index contributed by atoms with van der Waals surface area (Å²) in [5.41, 5.74) is 22.6. The Hall–Kier alpha value is -7.36. The van der Waals surface area contributed by atoms with E-state index in [-0.39, 0.29) is 10.8 Å². The summed E-state index contributed by atoms with van der Waals surface area (Å²) in [5.74, 6) is 0. The van der Waals surface area contributed by atoms with Crippen molar-refractivity contribution < 1.29 is 0 Å². The lowest BCUT2D eigenvalue weighted by molar-refractivity contribution is 0.598. The van der Waals surface area contributed by atoms with Crippen LogP contribution in [0.4, 0.5) is 17.1 Å². The summed E-state index contributed by atoms with van der Waals surface area (Å²) in [6.07, 6.45) is 6.76. The van der Waals surface area contributed by atoms with Gasteiger partial charge in [0.25, 0.3) is 0 Å². The van der Waals surface area contributed by atoms with E-state index in [2.05, 4.69) is 230 Å². The fourth-order valence-electron chi connectivity index (χ4n) is 11.5. The van der Waals surface area contributed by atoms with Crippen molar-refractivity contribution in [3.63, 3.8) is 0 Å². The predicted octanol–water partition coefficient (Wildman–Crippen LogP) is 15.8. The summed E-state index contributed by atoms with van der Waals surface area (Å²) >= 11 is 0. The monoisotopic (exact) mass is 809 g/mol. The van der Waals surface area contributed by atoms with Gasteiger partial charge in [-0.15, -0.1) is 0 Å². The summed E-state index contributed by atoms with van der Waals surface area (Å²) in [6, 6.07) is 66.1. The third kappa shape index (κ3) is 5.08. The molecule has 8 aromatic carbocycles. The van der Waals surface area contributed by atoms with Gasteiger partial charge in [-0.1, -0.05) is 143 Å². The molecule has 0 bridgehead atoms. The second kappa shape index (κ2) is 13.1. The molecule has 0 saturated carbocycles. The Morgan fingerprint density at radius 1 is 0.413 bits per heavy atom. The van der Waals surface area contributed by atoms with Crippen LogP contribution in [0, 0.1) is 0 Å². The SMILES string of the molecule is CC1(C)c2ccccc2N2c3ccc(-c4ccc(-n5c6c(c7ccccc75)C=CCC6)cc4)cc3C(C)(C)c3cc(-c4ccc(-n5c6ccccc6c6ccccc65)cc4)cc1c32. The standard InChI is InChI=1S/C60H47N3/c1-59(2)48-19-9-14-24-56(48)63-57-34-29-40(38-25-30-42(31-26-38)61-52-20-10-5-15-44(52)45-16-6-11-21-53(45)61)35-49(57)60(3,4)51-37-41(36-50(59)58(51)63)39-27-32-43(33-28-39)62-54-22-12-7-17-46(54)47-18-8-13-23-55(47)62/h5-10,12-20,22-37H,11,21H2,1-4H3. The molecule has 3 heteroatoms. The largest absolute Gasteiger partial charge is 0.313 e. The Bertz CT molecular complexity index is 3500. The molecule has 0 N–H and O–H groups in total. The number of fused-ring (bicyclic) bond motifs is 10. The van der Waals surface area contributed by atoms with E-state index >= 15 is 0 Å². The van der Waals surface area contributed by atoms with Gasteiger partial charge in [0.05, 0.1) is 33.6 Å². The third-order valence-corrected chi connectivity index (χ3v) is 14.8. The van der Waals surface area contributed by atoms with E-state index < -0.39 is 0 Å². The number of hydrogen-bond donors (Lipinski definition) is 0. The lowest BCUT2D eigenvalue weighted by atomic mass is 9.65. The number of nitrogens with zero attached hydrogens (tertiary/aromatic N) is 3. The van der Waals surface area contributed by atoms with Crippen LogP contribution in [0.1, 0.15) is 67.6 Å². The zero-order chi connectivity index (χ0) is 42.2. The summed E-state index contributed by atoms with van der Waals surface area (Å²) in [4.78, 5) is 2.57. The summed E-state index contributed by atoms with van der Waals surface area (Å²) in [6.45, 7) is 9.69. The van der Waals surface area contributed by atoms with E-state index in [4.69, 9.17) is 0 Å². The van der Waals surface area contributed by atoms with E-state index in [9.17, 15) is 0 Å². The predicted molar refractivity (Wildman–Crippen MR) is 265 cm³/mol. The Balaban J connectivity index is 0.937. The molecular formula is C60H47N3. The van der Waals surface area contributed by atoms with Crippen LogP contribution < -0.4 is 4.90 Å². The molecule has 0 atom stereocenters. The smallest absolute Gasteiger partial charge is 0.0544 e. The van der Waals surface area contributed by atoms with Crippen molar-refractivity contribution in [2.24, 2.45) is 0 Å². The van der Waals surface area contributed by atoms with Crippen LogP contribution in [0.3, 0.4) is 0 Å². The van der Waals surface area contributed by atoms with Gasteiger partial charge in [-0.05, 0) is 130 Å². The van der Waals surface area contributed by atoms with Gasteiger partial charge in [0, 0.05) is 49.6 Å². The Morgan fingerprint density at radius 2 is 0.905 bits per heavy atom. The molecule has 0 spiro atoms.